The molecule has 2 aromatic rings. The van der Waals surface area contributed by atoms with Gasteiger partial charge in [0.25, 0.3) is 0 Å². The summed E-state index contributed by atoms with van der Waals surface area (Å²) in [6.07, 6.45) is 9.06. The first kappa shape index (κ1) is 17.6. The number of aromatic nitrogens is 2. The van der Waals surface area contributed by atoms with Crippen molar-refractivity contribution in [3.63, 3.8) is 0 Å². The third-order valence-corrected chi connectivity index (χ3v) is 6.13. The first-order valence-corrected chi connectivity index (χ1v) is 9.85. The quantitative estimate of drug-likeness (QED) is 0.886. The predicted octanol–water partition coefficient (Wildman–Crippen LogP) is 3.43. The highest BCUT2D eigenvalue weighted by atomic mass is 32.2. The molecular weight excluding hydrogens is 336 g/mol. The highest BCUT2D eigenvalue weighted by Crippen LogP contribution is 2.22. The number of nitrogens with zero attached hydrogens (tertiary/aromatic N) is 3. The minimum atomic E-state index is -3.42. The van der Waals surface area contributed by atoms with Crippen LogP contribution in [-0.2, 0) is 10.0 Å². The lowest BCUT2D eigenvalue weighted by Gasteiger charge is -2.20. The Morgan fingerprint density at radius 1 is 1.00 bits per heavy atom. The zero-order valence-corrected chi connectivity index (χ0v) is 14.9. The van der Waals surface area contributed by atoms with Crippen LogP contribution in [0.1, 0.15) is 31.2 Å². The van der Waals surface area contributed by atoms with Crippen LogP contribution in [0.5, 0.6) is 0 Å². The number of anilines is 2. The lowest BCUT2D eigenvalue weighted by molar-refractivity contribution is 0.424. The molecule has 132 valence electrons. The van der Waals surface area contributed by atoms with Gasteiger partial charge in [-0.1, -0.05) is 25.5 Å². The summed E-state index contributed by atoms with van der Waals surface area (Å²) in [6.45, 7) is 4.87. The van der Waals surface area contributed by atoms with Crippen molar-refractivity contribution in [2.75, 3.05) is 18.4 Å². The molecule has 3 rings (SSSR count). The molecule has 0 aliphatic carbocycles. The van der Waals surface area contributed by atoms with E-state index in [1.165, 1.54) is 0 Å². The monoisotopic (exact) mass is 358 g/mol. The van der Waals surface area contributed by atoms with Gasteiger partial charge >= 0.3 is 0 Å². The maximum absolute atomic E-state index is 12.8. The second-order valence-electron chi connectivity index (χ2n) is 6.01. The molecule has 0 saturated carbocycles. The van der Waals surface area contributed by atoms with Gasteiger partial charge in [-0.15, -0.1) is 0 Å². The summed E-state index contributed by atoms with van der Waals surface area (Å²) >= 11 is 0. The summed E-state index contributed by atoms with van der Waals surface area (Å²) in [5, 5.41) is 3.06. The van der Waals surface area contributed by atoms with Crippen molar-refractivity contribution in [1.82, 2.24) is 14.3 Å². The highest BCUT2D eigenvalue weighted by molar-refractivity contribution is 7.89. The predicted molar refractivity (Wildman–Crippen MR) is 99.1 cm³/mol. The van der Waals surface area contributed by atoms with Crippen LogP contribution in [0.4, 0.5) is 11.6 Å². The van der Waals surface area contributed by atoms with Gasteiger partial charge in [0.2, 0.25) is 16.0 Å². The Balaban J connectivity index is 1.73. The van der Waals surface area contributed by atoms with Crippen LogP contribution in [0, 0.1) is 0 Å². The van der Waals surface area contributed by atoms with Gasteiger partial charge in [-0.3, -0.25) is 0 Å². The normalized spacial score (nSPS) is 16.2. The molecule has 2 heterocycles. The molecule has 0 spiro atoms. The van der Waals surface area contributed by atoms with Crippen LogP contribution in [0.3, 0.4) is 0 Å². The van der Waals surface area contributed by atoms with Gasteiger partial charge in [0.15, 0.2) is 0 Å². The Morgan fingerprint density at radius 2 is 1.60 bits per heavy atom. The maximum Gasteiger partial charge on any atom is 0.243 e. The van der Waals surface area contributed by atoms with E-state index in [-0.39, 0.29) is 0 Å². The number of sulfonamides is 1. The van der Waals surface area contributed by atoms with Gasteiger partial charge in [0, 0.05) is 36.7 Å². The molecule has 1 aromatic carbocycles. The van der Waals surface area contributed by atoms with Crippen LogP contribution < -0.4 is 5.32 Å². The molecule has 0 bridgehead atoms. The molecule has 0 unspecified atom stereocenters. The van der Waals surface area contributed by atoms with Crippen LogP contribution in [-0.4, -0.2) is 35.8 Å². The van der Waals surface area contributed by atoms with E-state index in [2.05, 4.69) is 21.9 Å². The highest BCUT2D eigenvalue weighted by Gasteiger charge is 2.24. The standard InChI is InChI=1S/C18H22N4O2S/c1-2-15-13-19-18(20-14-15)21-16-7-9-17(10-8-16)25(23,24)22-11-5-3-4-6-12-22/h2,7-10,13-14H,1,3-6,11-12H2,(H,19,20,21). The number of rotatable bonds is 5. The Hall–Kier alpha value is -2.25. The van der Waals surface area contributed by atoms with Crippen LogP contribution in [0.2, 0.25) is 0 Å². The first-order chi connectivity index (χ1) is 12.1. The van der Waals surface area contributed by atoms with E-state index in [9.17, 15) is 8.42 Å². The SMILES string of the molecule is C=Cc1cnc(Nc2ccc(S(=O)(=O)N3CCCCCC3)cc2)nc1. The van der Waals surface area contributed by atoms with Crippen molar-refractivity contribution in [3.05, 3.63) is 48.8 Å². The molecule has 1 aliphatic heterocycles. The summed E-state index contributed by atoms with van der Waals surface area (Å²) in [6, 6.07) is 6.71. The molecule has 1 aliphatic rings. The van der Waals surface area contributed by atoms with Crippen molar-refractivity contribution >= 4 is 27.7 Å². The van der Waals surface area contributed by atoms with Crippen molar-refractivity contribution in [1.29, 1.82) is 0 Å². The molecule has 1 saturated heterocycles. The van der Waals surface area contributed by atoms with Crippen LogP contribution >= 0.6 is 0 Å². The largest absolute Gasteiger partial charge is 0.324 e. The summed E-state index contributed by atoms with van der Waals surface area (Å²) < 4.78 is 27.1. The Bertz CT molecular complexity index is 809. The summed E-state index contributed by atoms with van der Waals surface area (Å²) in [4.78, 5) is 8.68. The van der Waals surface area contributed by atoms with E-state index in [4.69, 9.17) is 0 Å². The number of nitrogens with one attached hydrogen (secondary N) is 1. The zero-order chi connectivity index (χ0) is 17.7. The second kappa shape index (κ2) is 7.76. The van der Waals surface area contributed by atoms with E-state index in [1.54, 1.807) is 47.0 Å². The molecule has 25 heavy (non-hydrogen) atoms. The van der Waals surface area contributed by atoms with E-state index < -0.39 is 10.0 Å². The smallest absolute Gasteiger partial charge is 0.243 e. The minimum Gasteiger partial charge on any atom is -0.324 e. The fourth-order valence-electron chi connectivity index (χ4n) is 2.78. The second-order valence-corrected chi connectivity index (χ2v) is 7.95. The van der Waals surface area contributed by atoms with Gasteiger partial charge in [-0.2, -0.15) is 4.31 Å². The Labute approximate surface area is 148 Å². The fourth-order valence-corrected chi connectivity index (χ4v) is 4.30. The molecular formula is C18H22N4O2S. The zero-order valence-electron chi connectivity index (χ0n) is 14.1. The average molecular weight is 358 g/mol. The minimum absolute atomic E-state index is 0.322. The molecule has 1 fully saturated rings. The summed E-state index contributed by atoms with van der Waals surface area (Å²) in [5.74, 6) is 0.453. The topological polar surface area (TPSA) is 75.2 Å². The number of benzene rings is 1. The molecule has 6 nitrogen and oxygen atoms in total. The first-order valence-electron chi connectivity index (χ1n) is 8.41. The lowest BCUT2D eigenvalue weighted by atomic mass is 10.2. The average Bonchev–Trinajstić information content (AvgIpc) is 2.93. The lowest BCUT2D eigenvalue weighted by Crippen LogP contribution is -2.31. The molecule has 1 N–H and O–H groups in total. The molecule has 7 heteroatoms. The van der Waals surface area contributed by atoms with Gasteiger partial charge < -0.3 is 5.32 Å². The van der Waals surface area contributed by atoms with Gasteiger partial charge in [-0.25, -0.2) is 18.4 Å². The fraction of sp³-hybridized carbons (Fsp3) is 0.333. The van der Waals surface area contributed by atoms with E-state index in [0.29, 0.717) is 23.9 Å². The van der Waals surface area contributed by atoms with E-state index in [1.807, 2.05) is 0 Å². The van der Waals surface area contributed by atoms with Crippen LogP contribution in [0.25, 0.3) is 6.08 Å². The van der Waals surface area contributed by atoms with Gasteiger partial charge in [0.05, 0.1) is 4.90 Å². The van der Waals surface area contributed by atoms with Crippen molar-refractivity contribution in [2.45, 2.75) is 30.6 Å². The van der Waals surface area contributed by atoms with Crippen molar-refractivity contribution in [3.8, 4) is 0 Å². The maximum atomic E-state index is 12.8. The molecule has 0 radical (unpaired) electrons. The third kappa shape index (κ3) is 4.24. The Morgan fingerprint density at radius 3 is 2.16 bits per heavy atom. The Kier molecular flexibility index (Phi) is 5.45. The summed E-state index contributed by atoms with van der Waals surface area (Å²) in [5.41, 5.74) is 1.57. The summed E-state index contributed by atoms with van der Waals surface area (Å²) in [7, 11) is -3.42. The van der Waals surface area contributed by atoms with Crippen molar-refractivity contribution < 1.29 is 8.42 Å². The van der Waals surface area contributed by atoms with E-state index >= 15 is 0 Å². The molecule has 1 aromatic heterocycles. The third-order valence-electron chi connectivity index (χ3n) is 4.22. The number of hydrogen-bond acceptors (Lipinski definition) is 5. The molecule has 0 amide bonds. The van der Waals surface area contributed by atoms with Gasteiger partial charge in [-0.05, 0) is 37.1 Å². The molecule has 0 atom stereocenters. The number of hydrogen-bond donors (Lipinski definition) is 1. The van der Waals surface area contributed by atoms with Crippen LogP contribution in [0.15, 0.2) is 48.1 Å². The van der Waals surface area contributed by atoms with Gasteiger partial charge in [0.1, 0.15) is 0 Å². The van der Waals surface area contributed by atoms with Crippen molar-refractivity contribution in [2.24, 2.45) is 0 Å². The van der Waals surface area contributed by atoms with E-state index in [0.717, 1.165) is 36.9 Å².